The normalized spacial score (nSPS) is 14.2. The van der Waals surface area contributed by atoms with Gasteiger partial charge in [-0.25, -0.2) is 0 Å². The van der Waals surface area contributed by atoms with Crippen molar-refractivity contribution in [3.63, 3.8) is 0 Å². The molecule has 7 nitrogen and oxygen atoms in total. The van der Waals surface area contributed by atoms with Gasteiger partial charge in [-0.3, -0.25) is 9.59 Å². The van der Waals surface area contributed by atoms with Gasteiger partial charge in [0.05, 0.1) is 6.04 Å². The van der Waals surface area contributed by atoms with Crippen LogP contribution in [-0.2, 0) is 22.4 Å². The molecule has 3 heterocycles. The second-order valence-corrected chi connectivity index (χ2v) is 7.55. The van der Waals surface area contributed by atoms with Crippen LogP contribution in [-0.4, -0.2) is 22.0 Å². The number of nitrogens with zero attached hydrogens (tertiary/aromatic N) is 2. The largest absolute Gasteiger partial charge is 0.421 e. The summed E-state index contributed by atoms with van der Waals surface area (Å²) >= 11 is 1.56. The molecule has 2 aromatic heterocycles. The molecule has 1 aliphatic heterocycles. The molecule has 0 spiro atoms. The molecule has 0 radical (unpaired) electrons. The summed E-state index contributed by atoms with van der Waals surface area (Å²) in [5.74, 6) is 0.901. The number of thiophene rings is 1. The highest BCUT2D eigenvalue weighted by Crippen LogP contribution is 2.26. The van der Waals surface area contributed by atoms with Gasteiger partial charge in [-0.2, -0.15) is 11.3 Å². The first-order chi connectivity index (χ1) is 13.6. The van der Waals surface area contributed by atoms with Gasteiger partial charge < -0.3 is 15.1 Å². The molecule has 4 rings (SSSR count). The van der Waals surface area contributed by atoms with E-state index in [0.717, 1.165) is 28.8 Å². The molecule has 0 fully saturated rings. The van der Waals surface area contributed by atoms with Crippen molar-refractivity contribution in [1.82, 2.24) is 15.5 Å². The van der Waals surface area contributed by atoms with Crippen molar-refractivity contribution < 1.29 is 14.0 Å². The number of nitrogens with one attached hydrogen (secondary N) is 2. The Morgan fingerprint density at radius 2 is 2.21 bits per heavy atom. The first kappa shape index (κ1) is 18.4. The van der Waals surface area contributed by atoms with Gasteiger partial charge in [-0.05, 0) is 42.0 Å². The Morgan fingerprint density at radius 1 is 1.32 bits per heavy atom. The van der Waals surface area contributed by atoms with Gasteiger partial charge in [0.2, 0.25) is 23.6 Å². The van der Waals surface area contributed by atoms with Gasteiger partial charge in [-0.1, -0.05) is 12.1 Å². The van der Waals surface area contributed by atoms with E-state index in [1.54, 1.807) is 11.3 Å². The third kappa shape index (κ3) is 4.12. The Kier molecular flexibility index (Phi) is 5.21. The molecule has 2 N–H and O–H groups in total. The molecule has 8 heteroatoms. The molecule has 1 aliphatic rings. The van der Waals surface area contributed by atoms with Gasteiger partial charge in [0.15, 0.2) is 0 Å². The smallest absolute Gasteiger partial charge is 0.248 e. The average molecular weight is 396 g/mol. The Morgan fingerprint density at radius 3 is 3.04 bits per heavy atom. The van der Waals surface area contributed by atoms with Gasteiger partial charge >= 0.3 is 0 Å². The van der Waals surface area contributed by atoms with Crippen molar-refractivity contribution in [2.75, 3.05) is 5.32 Å². The molecule has 28 heavy (non-hydrogen) atoms. The predicted octanol–water partition coefficient (Wildman–Crippen LogP) is 3.49. The fourth-order valence-electron chi connectivity index (χ4n) is 3.15. The van der Waals surface area contributed by atoms with Crippen LogP contribution in [0.5, 0.6) is 0 Å². The summed E-state index contributed by atoms with van der Waals surface area (Å²) in [5, 5.41) is 17.8. The number of hydrogen-bond acceptors (Lipinski definition) is 6. The third-order valence-electron chi connectivity index (χ3n) is 4.70. The summed E-state index contributed by atoms with van der Waals surface area (Å²) in [5.41, 5.74) is 3.87. The molecule has 0 aliphatic carbocycles. The summed E-state index contributed by atoms with van der Waals surface area (Å²) in [6.45, 7) is 1.95. The van der Waals surface area contributed by atoms with Crippen LogP contribution in [0.3, 0.4) is 0 Å². The Labute approximate surface area is 166 Å². The molecular weight excluding hydrogens is 376 g/mol. The number of amides is 2. The zero-order valence-corrected chi connectivity index (χ0v) is 16.2. The highest BCUT2D eigenvalue weighted by molar-refractivity contribution is 7.08. The summed E-state index contributed by atoms with van der Waals surface area (Å²) in [4.78, 5) is 23.8. The van der Waals surface area contributed by atoms with E-state index >= 15 is 0 Å². The summed E-state index contributed by atoms with van der Waals surface area (Å²) < 4.78 is 5.61. The number of benzene rings is 1. The molecule has 2 amide bonds. The van der Waals surface area contributed by atoms with Crippen molar-refractivity contribution in [3.8, 4) is 11.5 Å². The minimum Gasteiger partial charge on any atom is -0.421 e. The zero-order chi connectivity index (χ0) is 19.5. The number of hydrogen-bond donors (Lipinski definition) is 2. The maximum atomic E-state index is 12.3. The van der Waals surface area contributed by atoms with Crippen molar-refractivity contribution in [3.05, 3.63) is 52.0 Å². The van der Waals surface area contributed by atoms with Crippen LogP contribution in [0.4, 0.5) is 5.69 Å². The van der Waals surface area contributed by atoms with E-state index in [9.17, 15) is 9.59 Å². The SMILES string of the molecule is C[C@H](NC(=O)CCc1nnc(-c2ccsc2)o1)c1ccc2c(c1)CCC(=O)N2. The van der Waals surface area contributed by atoms with E-state index in [2.05, 4.69) is 20.8 Å². The number of carbonyl (C=O) groups excluding carboxylic acids is 2. The summed E-state index contributed by atoms with van der Waals surface area (Å²) in [7, 11) is 0. The molecule has 3 aromatic rings. The highest BCUT2D eigenvalue weighted by atomic mass is 32.1. The van der Waals surface area contributed by atoms with Crippen molar-refractivity contribution in [1.29, 1.82) is 0 Å². The molecule has 0 saturated heterocycles. The first-order valence-corrected chi connectivity index (χ1v) is 10.1. The number of anilines is 1. The lowest BCUT2D eigenvalue weighted by molar-refractivity contribution is -0.121. The minimum absolute atomic E-state index is 0.0461. The number of carbonyl (C=O) groups is 2. The molecule has 1 aromatic carbocycles. The number of aryl methyl sites for hydroxylation is 2. The third-order valence-corrected chi connectivity index (χ3v) is 5.39. The van der Waals surface area contributed by atoms with E-state index in [4.69, 9.17) is 4.42 Å². The van der Waals surface area contributed by atoms with Crippen molar-refractivity contribution >= 4 is 28.8 Å². The maximum Gasteiger partial charge on any atom is 0.248 e. The van der Waals surface area contributed by atoms with Gasteiger partial charge in [0.25, 0.3) is 0 Å². The quantitative estimate of drug-likeness (QED) is 0.665. The number of fused-ring (bicyclic) bond motifs is 1. The molecule has 0 saturated carbocycles. The fourth-order valence-corrected chi connectivity index (χ4v) is 3.78. The van der Waals surface area contributed by atoms with E-state index < -0.39 is 0 Å². The number of rotatable bonds is 6. The average Bonchev–Trinajstić information content (AvgIpc) is 3.37. The van der Waals surface area contributed by atoms with Crippen LogP contribution >= 0.6 is 11.3 Å². The van der Waals surface area contributed by atoms with Gasteiger partial charge in [0.1, 0.15) is 0 Å². The second kappa shape index (κ2) is 7.93. The molecule has 1 atom stereocenters. The van der Waals surface area contributed by atoms with Crippen molar-refractivity contribution in [2.45, 2.75) is 38.6 Å². The zero-order valence-electron chi connectivity index (χ0n) is 15.4. The predicted molar refractivity (Wildman–Crippen MR) is 106 cm³/mol. The lowest BCUT2D eigenvalue weighted by Gasteiger charge is -2.20. The maximum absolute atomic E-state index is 12.3. The van der Waals surface area contributed by atoms with E-state index in [1.165, 1.54) is 0 Å². The van der Waals surface area contributed by atoms with Crippen LogP contribution in [0.1, 0.15) is 42.8 Å². The highest BCUT2D eigenvalue weighted by Gasteiger charge is 2.17. The molecule has 144 valence electrons. The Bertz CT molecular complexity index is 997. The van der Waals surface area contributed by atoms with Crippen LogP contribution in [0.15, 0.2) is 39.4 Å². The van der Waals surface area contributed by atoms with Crippen LogP contribution < -0.4 is 10.6 Å². The summed E-state index contributed by atoms with van der Waals surface area (Å²) in [6.07, 6.45) is 1.89. The molecule has 0 bridgehead atoms. The lowest BCUT2D eigenvalue weighted by atomic mass is 9.97. The lowest BCUT2D eigenvalue weighted by Crippen LogP contribution is -2.27. The van der Waals surface area contributed by atoms with Crippen LogP contribution in [0.2, 0.25) is 0 Å². The van der Waals surface area contributed by atoms with E-state index in [-0.39, 0.29) is 24.3 Å². The minimum atomic E-state index is -0.125. The van der Waals surface area contributed by atoms with E-state index in [1.807, 2.05) is 41.9 Å². The molecular formula is C20H20N4O3S. The summed E-state index contributed by atoms with van der Waals surface area (Å²) in [6, 6.07) is 7.67. The number of aromatic nitrogens is 2. The topological polar surface area (TPSA) is 97.1 Å². The Balaban J connectivity index is 1.32. The van der Waals surface area contributed by atoms with Crippen molar-refractivity contribution in [2.24, 2.45) is 0 Å². The Hall–Kier alpha value is -3.00. The molecule has 0 unspecified atom stereocenters. The fraction of sp³-hybridized carbons (Fsp3) is 0.300. The van der Waals surface area contributed by atoms with Crippen LogP contribution in [0.25, 0.3) is 11.5 Å². The van der Waals surface area contributed by atoms with Gasteiger partial charge in [0, 0.05) is 35.9 Å². The monoisotopic (exact) mass is 396 g/mol. The first-order valence-electron chi connectivity index (χ1n) is 9.15. The van der Waals surface area contributed by atoms with Gasteiger partial charge in [-0.15, -0.1) is 10.2 Å². The second-order valence-electron chi connectivity index (χ2n) is 6.77. The van der Waals surface area contributed by atoms with E-state index in [0.29, 0.717) is 24.6 Å². The van der Waals surface area contributed by atoms with Crippen LogP contribution in [0, 0.1) is 0 Å². The standard InChI is InChI=1S/C20H20N4O3S/c1-12(13-2-4-16-14(10-13)3-5-18(26)22-16)21-17(25)6-7-19-23-24-20(27-19)15-8-9-28-11-15/h2,4,8-12H,3,5-7H2,1H3,(H,21,25)(H,22,26)/t12-/m0/s1.